The van der Waals surface area contributed by atoms with Gasteiger partial charge in [-0.2, -0.15) is 0 Å². The molecule has 0 radical (unpaired) electrons. The van der Waals surface area contributed by atoms with Crippen molar-refractivity contribution in [3.8, 4) is 28.4 Å². The molecule has 1 aromatic heterocycles. The van der Waals surface area contributed by atoms with Crippen LogP contribution in [0.4, 0.5) is 0 Å². The summed E-state index contributed by atoms with van der Waals surface area (Å²) in [6.45, 7) is 3.62. The molecule has 0 saturated carbocycles. The fraction of sp³-hybridized carbons (Fsp3) is 0.348. The number of nitrogens with one attached hydrogen (secondary N) is 1. The molecular formula is C23H26NO5+. The highest BCUT2D eigenvalue weighted by Gasteiger charge is 2.21. The average molecular weight is 396 g/mol. The number of hydrogen-bond acceptors (Lipinski definition) is 5. The van der Waals surface area contributed by atoms with Gasteiger partial charge in [0.2, 0.25) is 5.43 Å². The number of aryl methyl sites for hydroxylation is 1. The van der Waals surface area contributed by atoms with Gasteiger partial charge in [-0.05, 0) is 35.7 Å². The van der Waals surface area contributed by atoms with Crippen molar-refractivity contribution in [2.24, 2.45) is 0 Å². The lowest BCUT2D eigenvalue weighted by Gasteiger charge is -2.19. The Hall–Kier alpha value is -2.99. The van der Waals surface area contributed by atoms with Crippen molar-refractivity contribution in [3.63, 3.8) is 0 Å². The van der Waals surface area contributed by atoms with Gasteiger partial charge in [0.05, 0.1) is 30.6 Å². The molecule has 0 amide bonds. The molecule has 2 heterocycles. The van der Waals surface area contributed by atoms with E-state index in [1.165, 1.54) is 6.26 Å². The largest absolute Gasteiger partial charge is 0.507 e. The Morgan fingerprint density at radius 1 is 1.10 bits per heavy atom. The predicted molar refractivity (Wildman–Crippen MR) is 111 cm³/mol. The van der Waals surface area contributed by atoms with Crippen LogP contribution >= 0.6 is 0 Å². The molecule has 1 aliphatic rings. The maximum atomic E-state index is 13.4. The summed E-state index contributed by atoms with van der Waals surface area (Å²) >= 11 is 0. The molecule has 4 rings (SSSR count). The number of phenolic OH excluding ortho intramolecular Hbond substituents is 1. The Bertz CT molecular complexity index is 1120. The van der Waals surface area contributed by atoms with E-state index in [1.54, 1.807) is 6.07 Å². The van der Waals surface area contributed by atoms with Gasteiger partial charge in [0.15, 0.2) is 11.5 Å². The van der Waals surface area contributed by atoms with Crippen LogP contribution in [0, 0.1) is 0 Å². The summed E-state index contributed by atoms with van der Waals surface area (Å²) in [5.41, 5.74) is 2.98. The van der Waals surface area contributed by atoms with E-state index < -0.39 is 0 Å². The van der Waals surface area contributed by atoms with Gasteiger partial charge < -0.3 is 23.9 Å². The molecule has 0 atom stereocenters. The van der Waals surface area contributed by atoms with Crippen LogP contribution in [0.5, 0.6) is 17.2 Å². The topological polar surface area (TPSA) is 73.3 Å². The minimum Gasteiger partial charge on any atom is -0.507 e. The molecule has 6 heteroatoms. The second-order valence-corrected chi connectivity index (χ2v) is 7.71. The first-order chi connectivity index (χ1) is 14.0. The van der Waals surface area contributed by atoms with E-state index in [9.17, 15) is 9.90 Å². The standard InChI is InChI=1S/C23H25NO5/c1-4-5-15-10-16-22(26)18(13-29-23(16)17(21(15)25)12-24(2)3)14-6-7-19-20(11-14)28-9-8-27-19/h6-7,10-11,13,25H,4-5,8-9,12H2,1-3H3/p+1. The minimum atomic E-state index is -0.115. The third-order valence-corrected chi connectivity index (χ3v) is 5.11. The van der Waals surface area contributed by atoms with Gasteiger partial charge in [0.1, 0.15) is 37.4 Å². The predicted octanol–water partition coefficient (Wildman–Crippen LogP) is 2.53. The molecule has 2 aromatic carbocycles. The van der Waals surface area contributed by atoms with E-state index in [-0.39, 0.29) is 11.2 Å². The zero-order valence-corrected chi connectivity index (χ0v) is 17.0. The van der Waals surface area contributed by atoms with Gasteiger partial charge in [-0.1, -0.05) is 19.4 Å². The van der Waals surface area contributed by atoms with Gasteiger partial charge in [-0.25, -0.2) is 0 Å². The molecule has 0 aliphatic carbocycles. The van der Waals surface area contributed by atoms with E-state index in [2.05, 4.69) is 6.92 Å². The van der Waals surface area contributed by atoms with Crippen molar-refractivity contribution < 1.29 is 23.9 Å². The first kappa shape index (κ1) is 19.3. The Morgan fingerprint density at radius 3 is 2.59 bits per heavy atom. The summed E-state index contributed by atoms with van der Waals surface area (Å²) in [5, 5.41) is 11.3. The monoisotopic (exact) mass is 396 g/mol. The highest BCUT2D eigenvalue weighted by molar-refractivity contribution is 5.87. The number of rotatable bonds is 5. The highest BCUT2D eigenvalue weighted by atomic mass is 16.6. The normalized spacial score (nSPS) is 13.2. The van der Waals surface area contributed by atoms with Crippen LogP contribution in [0.25, 0.3) is 22.1 Å². The second-order valence-electron chi connectivity index (χ2n) is 7.71. The number of aromatic hydroxyl groups is 1. The Kier molecular flexibility index (Phi) is 5.20. The molecule has 0 unspecified atom stereocenters. The zero-order chi connectivity index (χ0) is 20.5. The Labute approximate surface area is 169 Å². The lowest BCUT2D eigenvalue weighted by molar-refractivity contribution is -0.872. The summed E-state index contributed by atoms with van der Waals surface area (Å²) in [6.07, 6.45) is 3.05. The molecule has 0 spiro atoms. The summed E-state index contributed by atoms with van der Waals surface area (Å²) in [4.78, 5) is 14.5. The first-order valence-electron chi connectivity index (χ1n) is 9.97. The second kappa shape index (κ2) is 7.79. The van der Waals surface area contributed by atoms with E-state index in [0.29, 0.717) is 59.8 Å². The Morgan fingerprint density at radius 2 is 1.86 bits per heavy atom. The van der Waals surface area contributed by atoms with Crippen LogP contribution in [0.15, 0.2) is 39.7 Å². The molecule has 0 saturated heterocycles. The number of fused-ring (bicyclic) bond motifs is 2. The van der Waals surface area contributed by atoms with Crippen LogP contribution in [-0.2, 0) is 13.0 Å². The zero-order valence-electron chi connectivity index (χ0n) is 17.0. The van der Waals surface area contributed by atoms with Crippen LogP contribution in [0.1, 0.15) is 24.5 Å². The summed E-state index contributed by atoms with van der Waals surface area (Å²) in [7, 11) is 4.00. The van der Waals surface area contributed by atoms with Crippen molar-refractivity contribution in [2.75, 3.05) is 27.3 Å². The smallest absolute Gasteiger partial charge is 0.200 e. The fourth-order valence-electron chi connectivity index (χ4n) is 3.78. The quantitative estimate of drug-likeness (QED) is 0.693. The van der Waals surface area contributed by atoms with E-state index in [1.807, 2.05) is 32.3 Å². The molecule has 0 bridgehead atoms. The lowest BCUT2D eigenvalue weighted by Crippen LogP contribution is -3.04. The number of hydrogen-bond donors (Lipinski definition) is 2. The molecule has 1 aliphatic heterocycles. The third kappa shape index (κ3) is 3.56. The summed E-state index contributed by atoms with van der Waals surface area (Å²) in [6, 6.07) is 7.23. The molecule has 152 valence electrons. The number of ether oxygens (including phenoxy) is 2. The van der Waals surface area contributed by atoms with Crippen molar-refractivity contribution in [1.82, 2.24) is 0 Å². The maximum absolute atomic E-state index is 13.4. The van der Waals surface area contributed by atoms with Crippen molar-refractivity contribution in [2.45, 2.75) is 26.3 Å². The maximum Gasteiger partial charge on any atom is 0.200 e. The molecule has 29 heavy (non-hydrogen) atoms. The molecule has 0 fully saturated rings. The molecule has 6 nitrogen and oxygen atoms in total. The Balaban J connectivity index is 1.91. The van der Waals surface area contributed by atoms with Crippen LogP contribution < -0.4 is 19.8 Å². The van der Waals surface area contributed by atoms with Crippen LogP contribution in [-0.4, -0.2) is 32.4 Å². The van der Waals surface area contributed by atoms with E-state index in [4.69, 9.17) is 13.9 Å². The molecule has 2 N–H and O–H groups in total. The van der Waals surface area contributed by atoms with Crippen molar-refractivity contribution in [1.29, 1.82) is 0 Å². The first-order valence-corrected chi connectivity index (χ1v) is 9.97. The van der Waals surface area contributed by atoms with Gasteiger partial charge >= 0.3 is 0 Å². The minimum absolute atomic E-state index is 0.115. The van der Waals surface area contributed by atoms with Gasteiger partial charge in [0, 0.05) is 0 Å². The summed E-state index contributed by atoms with van der Waals surface area (Å²) < 4.78 is 17.1. The third-order valence-electron chi connectivity index (χ3n) is 5.11. The van der Waals surface area contributed by atoms with Crippen molar-refractivity contribution >= 4 is 11.0 Å². The van der Waals surface area contributed by atoms with Crippen LogP contribution in [0.2, 0.25) is 0 Å². The van der Waals surface area contributed by atoms with Crippen LogP contribution in [0.3, 0.4) is 0 Å². The van der Waals surface area contributed by atoms with Gasteiger partial charge in [0.25, 0.3) is 0 Å². The lowest BCUT2D eigenvalue weighted by atomic mass is 9.98. The van der Waals surface area contributed by atoms with Gasteiger partial charge in [-0.3, -0.25) is 4.79 Å². The SMILES string of the molecule is CCCc1cc2c(=O)c(-c3ccc4c(c3)OCCO4)coc2c(C[NH+](C)C)c1O. The molecular weight excluding hydrogens is 370 g/mol. The molecule has 3 aromatic rings. The number of benzene rings is 2. The number of phenols is 1. The average Bonchev–Trinajstić information content (AvgIpc) is 2.71. The van der Waals surface area contributed by atoms with E-state index >= 15 is 0 Å². The van der Waals surface area contributed by atoms with Crippen molar-refractivity contribution in [3.05, 3.63) is 51.9 Å². The van der Waals surface area contributed by atoms with Gasteiger partial charge in [-0.15, -0.1) is 0 Å². The summed E-state index contributed by atoms with van der Waals surface area (Å²) in [5.74, 6) is 1.54. The fourth-order valence-corrected chi connectivity index (χ4v) is 3.78. The number of quaternary nitrogens is 1. The highest BCUT2D eigenvalue weighted by Crippen LogP contribution is 2.35. The van der Waals surface area contributed by atoms with E-state index in [0.717, 1.165) is 22.4 Å².